The van der Waals surface area contributed by atoms with E-state index in [1.165, 1.54) is 13.8 Å². The number of carbonyl (C=O) groups excluding carboxylic acids is 1. The largest absolute Gasteiger partial charge is 0.464 e. The number of hydrogen-bond donors (Lipinski definition) is 1. The van der Waals surface area contributed by atoms with E-state index in [2.05, 4.69) is 8.92 Å². The number of esters is 1. The summed E-state index contributed by atoms with van der Waals surface area (Å²) in [6.45, 7) is 3.17. The molecule has 0 aliphatic carbocycles. The Bertz CT molecular complexity index is 491. The summed E-state index contributed by atoms with van der Waals surface area (Å²) >= 11 is 0. The van der Waals surface area contributed by atoms with Crippen LogP contribution >= 0.6 is 0 Å². The van der Waals surface area contributed by atoms with Gasteiger partial charge in [-0.2, -0.15) is 16.8 Å². The average Bonchev–Trinajstić information content (AvgIpc) is 2.16. The van der Waals surface area contributed by atoms with Gasteiger partial charge in [0.2, 0.25) is 0 Å². The SMILES string of the molecule is CCOC(=O)C(CC)(S(=O)(=O)O)S(=O)(=O)OCC. The lowest BCUT2D eigenvalue weighted by molar-refractivity contribution is -0.144. The van der Waals surface area contributed by atoms with Crippen LogP contribution in [0, 0.1) is 0 Å². The fourth-order valence-electron chi connectivity index (χ4n) is 1.33. The summed E-state index contributed by atoms with van der Waals surface area (Å²) in [7, 11) is -10.1. The van der Waals surface area contributed by atoms with Crippen molar-refractivity contribution >= 4 is 26.2 Å². The molecule has 0 aliphatic heterocycles. The molecule has 108 valence electrons. The van der Waals surface area contributed by atoms with Gasteiger partial charge < -0.3 is 4.74 Å². The van der Waals surface area contributed by atoms with Crippen LogP contribution in [-0.4, -0.2) is 44.7 Å². The van der Waals surface area contributed by atoms with Gasteiger partial charge >= 0.3 is 20.2 Å². The van der Waals surface area contributed by atoms with Crippen molar-refractivity contribution in [3.8, 4) is 0 Å². The van der Waals surface area contributed by atoms with Crippen LogP contribution in [0.15, 0.2) is 0 Å². The van der Waals surface area contributed by atoms with Crippen molar-refractivity contribution in [2.45, 2.75) is 31.3 Å². The molecule has 0 aliphatic rings. The summed E-state index contributed by atoms with van der Waals surface area (Å²) in [6.07, 6.45) is -0.729. The summed E-state index contributed by atoms with van der Waals surface area (Å²) < 4.78 is 60.9. The van der Waals surface area contributed by atoms with Crippen LogP contribution in [-0.2, 0) is 34.0 Å². The lowest BCUT2D eigenvalue weighted by Gasteiger charge is -2.25. The van der Waals surface area contributed by atoms with Gasteiger partial charge in [-0.1, -0.05) is 6.92 Å². The van der Waals surface area contributed by atoms with E-state index in [-0.39, 0.29) is 13.2 Å². The Morgan fingerprint density at radius 2 is 1.61 bits per heavy atom. The molecule has 0 spiro atoms. The summed E-state index contributed by atoms with van der Waals surface area (Å²) in [5.41, 5.74) is 0. The molecule has 8 nitrogen and oxygen atoms in total. The maximum absolute atomic E-state index is 11.8. The Labute approximate surface area is 106 Å². The lowest BCUT2D eigenvalue weighted by Crippen LogP contribution is -2.54. The lowest BCUT2D eigenvalue weighted by atomic mass is 10.3. The third-order valence-corrected chi connectivity index (χ3v) is 6.49. The van der Waals surface area contributed by atoms with Crippen molar-refractivity contribution in [2.75, 3.05) is 13.2 Å². The van der Waals surface area contributed by atoms with E-state index >= 15 is 0 Å². The van der Waals surface area contributed by atoms with Gasteiger partial charge in [-0.3, -0.25) is 8.74 Å². The summed E-state index contributed by atoms with van der Waals surface area (Å²) in [5.74, 6) is -1.58. The van der Waals surface area contributed by atoms with Crippen molar-refractivity contribution < 1.29 is 35.1 Å². The molecule has 1 unspecified atom stereocenters. The third kappa shape index (κ3) is 2.82. The second-order valence-corrected chi connectivity index (χ2v) is 6.91. The highest BCUT2D eigenvalue weighted by Crippen LogP contribution is 2.31. The third-order valence-electron chi connectivity index (χ3n) is 2.15. The molecule has 18 heavy (non-hydrogen) atoms. The highest BCUT2D eigenvalue weighted by molar-refractivity contribution is 8.06. The fraction of sp³-hybridized carbons (Fsp3) is 0.875. The van der Waals surface area contributed by atoms with Gasteiger partial charge in [0.15, 0.2) is 0 Å². The molecule has 0 aromatic heterocycles. The first-order valence-corrected chi connectivity index (χ1v) is 7.98. The number of carbonyl (C=O) groups is 1. The molecule has 10 heteroatoms. The normalized spacial score (nSPS) is 16.0. The molecule has 0 aromatic carbocycles. The molecule has 0 rings (SSSR count). The summed E-state index contributed by atoms with van der Waals surface area (Å²) in [6, 6.07) is 0. The van der Waals surface area contributed by atoms with E-state index in [0.717, 1.165) is 6.92 Å². The molecule has 0 saturated carbocycles. The quantitative estimate of drug-likeness (QED) is 0.393. The molecule has 0 saturated heterocycles. The molecule has 0 aromatic rings. The summed E-state index contributed by atoms with van der Waals surface area (Å²) in [4.78, 5) is 11.6. The molecule has 1 N–H and O–H groups in total. The first-order chi connectivity index (χ1) is 8.10. The zero-order valence-corrected chi connectivity index (χ0v) is 11.9. The van der Waals surface area contributed by atoms with Crippen LogP contribution in [0.5, 0.6) is 0 Å². The molecular formula is C8H16O8S2. The van der Waals surface area contributed by atoms with Crippen LogP contribution in [0.25, 0.3) is 0 Å². The van der Waals surface area contributed by atoms with Crippen molar-refractivity contribution in [1.82, 2.24) is 0 Å². The van der Waals surface area contributed by atoms with Crippen LogP contribution in [0.1, 0.15) is 27.2 Å². The van der Waals surface area contributed by atoms with Crippen LogP contribution in [0.3, 0.4) is 0 Å². The van der Waals surface area contributed by atoms with Gasteiger partial charge in [0.1, 0.15) is 0 Å². The first kappa shape index (κ1) is 17.3. The van der Waals surface area contributed by atoms with Crippen molar-refractivity contribution in [3.63, 3.8) is 0 Å². The molecule has 0 amide bonds. The monoisotopic (exact) mass is 304 g/mol. The molecular weight excluding hydrogens is 288 g/mol. The van der Waals surface area contributed by atoms with Crippen LogP contribution in [0.2, 0.25) is 0 Å². The Morgan fingerprint density at radius 3 is 1.89 bits per heavy atom. The van der Waals surface area contributed by atoms with Crippen LogP contribution in [0.4, 0.5) is 0 Å². The maximum atomic E-state index is 11.8. The molecule has 0 fully saturated rings. The first-order valence-electron chi connectivity index (χ1n) is 5.13. The predicted molar refractivity (Wildman–Crippen MR) is 61.7 cm³/mol. The Kier molecular flexibility index (Phi) is 5.72. The average molecular weight is 304 g/mol. The van der Waals surface area contributed by atoms with Crippen LogP contribution < -0.4 is 0 Å². The highest BCUT2D eigenvalue weighted by Gasteiger charge is 2.62. The molecule has 0 radical (unpaired) electrons. The number of rotatable bonds is 7. The van der Waals surface area contributed by atoms with E-state index in [1.807, 2.05) is 0 Å². The highest BCUT2D eigenvalue weighted by atomic mass is 32.3. The molecule has 0 bridgehead atoms. The van der Waals surface area contributed by atoms with E-state index < -0.39 is 36.7 Å². The van der Waals surface area contributed by atoms with Gasteiger partial charge in [0.05, 0.1) is 13.2 Å². The Balaban J connectivity index is 6.09. The van der Waals surface area contributed by atoms with Crippen molar-refractivity contribution in [3.05, 3.63) is 0 Å². The van der Waals surface area contributed by atoms with E-state index in [9.17, 15) is 21.6 Å². The van der Waals surface area contributed by atoms with Gasteiger partial charge in [0, 0.05) is 0 Å². The van der Waals surface area contributed by atoms with Crippen molar-refractivity contribution in [1.29, 1.82) is 0 Å². The minimum atomic E-state index is -5.27. The van der Waals surface area contributed by atoms with Crippen molar-refractivity contribution in [2.24, 2.45) is 0 Å². The number of hydrogen-bond acceptors (Lipinski definition) is 7. The minimum Gasteiger partial charge on any atom is -0.464 e. The van der Waals surface area contributed by atoms with Gasteiger partial charge in [-0.05, 0) is 20.3 Å². The topological polar surface area (TPSA) is 124 Å². The zero-order valence-electron chi connectivity index (χ0n) is 10.2. The fourth-order valence-corrected chi connectivity index (χ4v) is 4.26. The van der Waals surface area contributed by atoms with Gasteiger partial charge in [0.25, 0.3) is 10.1 Å². The Morgan fingerprint density at radius 1 is 1.11 bits per heavy atom. The maximum Gasteiger partial charge on any atom is 0.348 e. The Hall–Kier alpha value is -0.710. The second kappa shape index (κ2) is 5.95. The summed E-state index contributed by atoms with van der Waals surface area (Å²) in [5, 5.41) is 0. The second-order valence-electron chi connectivity index (χ2n) is 3.16. The van der Waals surface area contributed by atoms with E-state index in [4.69, 9.17) is 4.55 Å². The van der Waals surface area contributed by atoms with Gasteiger partial charge in [-0.25, -0.2) is 4.79 Å². The minimum absolute atomic E-state index is 0.238. The molecule has 0 heterocycles. The van der Waals surface area contributed by atoms with E-state index in [0.29, 0.717) is 0 Å². The number of ether oxygens (including phenoxy) is 1. The standard InChI is InChI=1S/C8H16O8S2/c1-4-8(17(10,11)12,7(9)15-5-2)18(13,14)16-6-3/h4-6H2,1-3H3,(H,10,11,12). The predicted octanol–water partition coefficient (Wildman–Crippen LogP) is -0.0901. The zero-order chi connectivity index (χ0) is 14.6. The van der Waals surface area contributed by atoms with E-state index in [1.54, 1.807) is 0 Å². The molecule has 1 atom stereocenters. The van der Waals surface area contributed by atoms with Gasteiger partial charge in [-0.15, -0.1) is 0 Å². The smallest absolute Gasteiger partial charge is 0.348 e.